The van der Waals surface area contributed by atoms with Gasteiger partial charge >= 0.3 is 0 Å². The zero-order valence-electron chi connectivity index (χ0n) is 16.0. The van der Waals surface area contributed by atoms with Crippen LogP contribution in [0.2, 0.25) is 0 Å². The molecule has 0 aliphatic rings. The Balaban J connectivity index is 1.56. The van der Waals surface area contributed by atoms with Crippen LogP contribution in [0.5, 0.6) is 11.5 Å². The largest absolute Gasteiger partial charge is 0.497 e. The van der Waals surface area contributed by atoms with Gasteiger partial charge in [-0.1, -0.05) is 11.8 Å². The van der Waals surface area contributed by atoms with Crippen LogP contribution in [-0.4, -0.2) is 38.0 Å². The predicted molar refractivity (Wildman–Crippen MR) is 109 cm³/mol. The summed E-state index contributed by atoms with van der Waals surface area (Å²) in [6.45, 7) is 3.98. The Morgan fingerprint density at radius 2 is 2.00 bits per heavy atom. The highest BCUT2D eigenvalue weighted by Crippen LogP contribution is 2.24. The molecular weight excluding hydrogens is 398 g/mol. The molecule has 8 nitrogen and oxygen atoms in total. The van der Waals surface area contributed by atoms with Crippen LogP contribution in [0.15, 0.2) is 34.8 Å². The molecule has 0 unspecified atom stereocenters. The number of nitrogens with one attached hydrogen (secondary N) is 1. The maximum absolute atomic E-state index is 12.3. The van der Waals surface area contributed by atoms with Crippen LogP contribution in [0.4, 0.5) is 5.13 Å². The van der Waals surface area contributed by atoms with E-state index in [-0.39, 0.29) is 17.8 Å². The third-order valence-corrected chi connectivity index (χ3v) is 5.86. The van der Waals surface area contributed by atoms with Crippen molar-refractivity contribution in [1.29, 1.82) is 0 Å². The van der Waals surface area contributed by atoms with E-state index in [0.717, 1.165) is 11.4 Å². The summed E-state index contributed by atoms with van der Waals surface area (Å²) >= 11 is 2.74. The number of hydrogen-bond acceptors (Lipinski definition) is 8. The van der Waals surface area contributed by atoms with Crippen LogP contribution in [-0.2, 0) is 18.4 Å². The first-order valence-corrected chi connectivity index (χ1v) is 10.3. The lowest BCUT2D eigenvalue weighted by Crippen LogP contribution is -2.22. The van der Waals surface area contributed by atoms with Crippen molar-refractivity contribution in [1.82, 2.24) is 19.7 Å². The SMILES string of the molecule is COc1ccc(OCc2nnc(S[C@@H](C)C(=O)Nc3nc(C)cs3)n2C)cc1. The predicted octanol–water partition coefficient (Wildman–Crippen LogP) is 3.29. The number of aryl methyl sites for hydroxylation is 1. The average Bonchev–Trinajstić information content (AvgIpc) is 3.26. The van der Waals surface area contributed by atoms with Crippen LogP contribution in [0.3, 0.4) is 0 Å². The van der Waals surface area contributed by atoms with Crippen LogP contribution >= 0.6 is 23.1 Å². The molecule has 3 aromatic rings. The van der Waals surface area contributed by atoms with Crippen molar-refractivity contribution < 1.29 is 14.3 Å². The molecule has 1 N–H and O–H groups in total. The minimum absolute atomic E-state index is 0.126. The third-order valence-electron chi connectivity index (χ3n) is 3.85. The van der Waals surface area contributed by atoms with Gasteiger partial charge in [0.25, 0.3) is 0 Å². The maximum Gasteiger partial charge on any atom is 0.239 e. The topological polar surface area (TPSA) is 91.2 Å². The molecule has 1 amide bonds. The first kappa shape index (κ1) is 20.2. The van der Waals surface area contributed by atoms with E-state index >= 15 is 0 Å². The Bertz CT molecular complexity index is 939. The quantitative estimate of drug-likeness (QED) is 0.560. The van der Waals surface area contributed by atoms with Gasteiger partial charge in [-0.25, -0.2) is 4.98 Å². The van der Waals surface area contributed by atoms with E-state index < -0.39 is 0 Å². The summed E-state index contributed by atoms with van der Waals surface area (Å²) in [6, 6.07) is 7.32. The summed E-state index contributed by atoms with van der Waals surface area (Å²) in [5, 5.41) is 13.9. The Morgan fingerprint density at radius 1 is 1.29 bits per heavy atom. The van der Waals surface area contributed by atoms with Gasteiger partial charge in [-0.05, 0) is 38.1 Å². The normalized spacial score (nSPS) is 11.9. The summed E-state index contributed by atoms with van der Waals surface area (Å²) in [7, 11) is 3.47. The van der Waals surface area contributed by atoms with Crippen molar-refractivity contribution in [3.63, 3.8) is 0 Å². The summed E-state index contributed by atoms with van der Waals surface area (Å²) in [4.78, 5) is 16.6. The molecule has 1 atom stereocenters. The van der Waals surface area contributed by atoms with Crippen molar-refractivity contribution in [2.45, 2.75) is 30.9 Å². The first-order valence-electron chi connectivity index (χ1n) is 8.51. The van der Waals surface area contributed by atoms with E-state index in [9.17, 15) is 4.79 Å². The van der Waals surface area contributed by atoms with E-state index in [1.165, 1.54) is 23.1 Å². The van der Waals surface area contributed by atoms with E-state index in [4.69, 9.17) is 9.47 Å². The van der Waals surface area contributed by atoms with Crippen LogP contribution in [0.25, 0.3) is 0 Å². The lowest BCUT2D eigenvalue weighted by molar-refractivity contribution is -0.115. The van der Waals surface area contributed by atoms with Crippen LogP contribution in [0, 0.1) is 6.92 Å². The van der Waals surface area contributed by atoms with Gasteiger partial charge in [0.2, 0.25) is 5.91 Å². The minimum atomic E-state index is -0.345. The van der Waals surface area contributed by atoms with E-state index in [1.807, 2.05) is 55.1 Å². The first-order chi connectivity index (χ1) is 13.5. The second-order valence-electron chi connectivity index (χ2n) is 5.97. The number of benzene rings is 1. The summed E-state index contributed by atoms with van der Waals surface area (Å²) in [5.74, 6) is 2.02. The molecule has 2 aromatic heterocycles. The molecule has 0 radical (unpaired) electrons. The monoisotopic (exact) mass is 419 g/mol. The highest BCUT2D eigenvalue weighted by atomic mass is 32.2. The smallest absolute Gasteiger partial charge is 0.239 e. The van der Waals surface area contributed by atoms with Gasteiger partial charge in [0.1, 0.15) is 18.1 Å². The van der Waals surface area contributed by atoms with Crippen molar-refractivity contribution in [3.8, 4) is 11.5 Å². The standard InChI is InChI=1S/C18H21N5O3S2/c1-11-10-27-17(19-11)20-16(24)12(2)28-18-22-21-15(23(18)3)9-26-14-7-5-13(25-4)6-8-14/h5-8,10,12H,9H2,1-4H3,(H,19,20,24)/t12-/m0/s1. The number of aromatic nitrogens is 4. The molecule has 148 valence electrons. The molecule has 0 saturated carbocycles. The lowest BCUT2D eigenvalue weighted by Gasteiger charge is -2.10. The van der Waals surface area contributed by atoms with E-state index in [2.05, 4.69) is 20.5 Å². The fourth-order valence-electron chi connectivity index (χ4n) is 2.22. The minimum Gasteiger partial charge on any atom is -0.497 e. The average molecular weight is 420 g/mol. The Hall–Kier alpha value is -2.59. The molecule has 3 rings (SSSR count). The Kier molecular flexibility index (Phi) is 6.53. The van der Waals surface area contributed by atoms with Gasteiger partial charge in [-0.15, -0.1) is 21.5 Å². The Morgan fingerprint density at radius 3 is 2.64 bits per heavy atom. The molecule has 1 aromatic carbocycles. The van der Waals surface area contributed by atoms with Gasteiger partial charge in [-0.3, -0.25) is 4.79 Å². The molecule has 0 spiro atoms. The fourth-order valence-corrected chi connectivity index (χ4v) is 3.75. The molecule has 0 aliphatic carbocycles. The third kappa shape index (κ3) is 5.02. The summed E-state index contributed by atoms with van der Waals surface area (Å²) < 4.78 is 12.7. The van der Waals surface area contributed by atoms with Gasteiger partial charge in [0.15, 0.2) is 16.1 Å². The number of nitrogens with zero attached hydrogens (tertiary/aromatic N) is 4. The molecule has 28 heavy (non-hydrogen) atoms. The van der Waals surface area contributed by atoms with Gasteiger partial charge in [-0.2, -0.15) is 0 Å². The summed E-state index contributed by atoms with van der Waals surface area (Å²) in [5.41, 5.74) is 0.885. The van der Waals surface area contributed by atoms with Crippen molar-refractivity contribution in [3.05, 3.63) is 41.2 Å². The molecule has 0 aliphatic heterocycles. The number of amides is 1. The van der Waals surface area contributed by atoms with Crippen molar-refractivity contribution in [2.75, 3.05) is 12.4 Å². The molecular formula is C18H21N5O3S2. The van der Waals surface area contributed by atoms with Gasteiger partial charge in [0, 0.05) is 12.4 Å². The molecule has 0 bridgehead atoms. The number of thiazole rings is 1. The van der Waals surface area contributed by atoms with E-state index in [1.54, 1.807) is 7.11 Å². The number of carbonyl (C=O) groups is 1. The number of hydrogen-bond donors (Lipinski definition) is 1. The number of thioether (sulfide) groups is 1. The van der Waals surface area contributed by atoms with Gasteiger partial charge in [0.05, 0.1) is 18.1 Å². The Labute approximate surface area is 171 Å². The maximum atomic E-state index is 12.3. The fraction of sp³-hybridized carbons (Fsp3) is 0.333. The zero-order valence-corrected chi connectivity index (χ0v) is 17.6. The second kappa shape index (κ2) is 9.07. The number of methoxy groups -OCH3 is 1. The van der Waals surface area contributed by atoms with Crippen molar-refractivity contribution >= 4 is 34.1 Å². The molecule has 10 heteroatoms. The molecule has 2 heterocycles. The molecule has 0 saturated heterocycles. The summed E-state index contributed by atoms with van der Waals surface area (Å²) in [6.07, 6.45) is 0. The number of anilines is 1. The number of ether oxygens (including phenoxy) is 2. The van der Waals surface area contributed by atoms with E-state index in [0.29, 0.717) is 21.9 Å². The second-order valence-corrected chi connectivity index (χ2v) is 8.13. The number of carbonyl (C=O) groups excluding carboxylic acids is 1. The number of rotatable bonds is 8. The van der Waals surface area contributed by atoms with Crippen molar-refractivity contribution in [2.24, 2.45) is 7.05 Å². The highest BCUT2D eigenvalue weighted by molar-refractivity contribution is 8.00. The highest BCUT2D eigenvalue weighted by Gasteiger charge is 2.20. The van der Waals surface area contributed by atoms with Crippen LogP contribution in [0.1, 0.15) is 18.4 Å². The zero-order chi connectivity index (χ0) is 20.1. The van der Waals surface area contributed by atoms with Crippen LogP contribution < -0.4 is 14.8 Å². The van der Waals surface area contributed by atoms with Gasteiger partial charge < -0.3 is 19.4 Å². The molecule has 0 fully saturated rings. The lowest BCUT2D eigenvalue weighted by atomic mass is 10.3.